The van der Waals surface area contributed by atoms with Crippen molar-refractivity contribution in [2.24, 2.45) is 0 Å². The standard InChI is InChI=1S/C14H17N3O3/c1-16(8-6-14(19)20-2)13(18)9-11-10-17-7-4-3-5-12(17)15-11/h3-5,7,10H,6,8-9H2,1-2H3. The Bertz CT molecular complexity index is 588. The number of hydrogen-bond acceptors (Lipinski definition) is 4. The first-order chi connectivity index (χ1) is 9.60. The predicted molar refractivity (Wildman–Crippen MR) is 73.2 cm³/mol. The normalized spacial score (nSPS) is 10.5. The highest BCUT2D eigenvalue weighted by atomic mass is 16.5. The second-order valence-electron chi connectivity index (χ2n) is 4.52. The molecule has 20 heavy (non-hydrogen) atoms. The fourth-order valence-corrected chi connectivity index (χ4v) is 1.85. The van der Waals surface area contributed by atoms with Crippen LogP contribution in [0.4, 0.5) is 0 Å². The highest BCUT2D eigenvalue weighted by Crippen LogP contribution is 2.06. The minimum absolute atomic E-state index is 0.0719. The highest BCUT2D eigenvalue weighted by Gasteiger charge is 2.13. The van der Waals surface area contributed by atoms with Crippen molar-refractivity contribution in [3.8, 4) is 0 Å². The largest absolute Gasteiger partial charge is 0.469 e. The molecule has 2 aromatic heterocycles. The molecule has 6 heteroatoms. The van der Waals surface area contributed by atoms with Crippen LogP contribution in [-0.4, -0.2) is 46.9 Å². The van der Waals surface area contributed by atoms with Gasteiger partial charge in [-0.3, -0.25) is 9.59 Å². The number of carbonyl (C=O) groups excluding carboxylic acids is 2. The Morgan fingerprint density at radius 3 is 2.90 bits per heavy atom. The summed E-state index contributed by atoms with van der Waals surface area (Å²) in [5.41, 5.74) is 1.53. The molecule has 0 N–H and O–H groups in total. The third kappa shape index (κ3) is 3.34. The number of amides is 1. The van der Waals surface area contributed by atoms with Gasteiger partial charge in [-0.25, -0.2) is 4.98 Å². The Kier molecular flexibility index (Phi) is 4.34. The lowest BCUT2D eigenvalue weighted by molar-refractivity contribution is -0.141. The zero-order valence-electron chi connectivity index (χ0n) is 11.6. The van der Waals surface area contributed by atoms with Crippen LogP contribution in [0.25, 0.3) is 5.65 Å². The number of methoxy groups -OCH3 is 1. The minimum atomic E-state index is -0.322. The molecule has 106 valence electrons. The number of ether oxygens (including phenoxy) is 1. The van der Waals surface area contributed by atoms with Gasteiger partial charge >= 0.3 is 5.97 Å². The van der Waals surface area contributed by atoms with E-state index in [1.807, 2.05) is 35.0 Å². The number of hydrogen-bond donors (Lipinski definition) is 0. The number of rotatable bonds is 5. The average Bonchev–Trinajstić information content (AvgIpc) is 2.86. The van der Waals surface area contributed by atoms with Gasteiger partial charge in [-0.05, 0) is 12.1 Å². The molecule has 2 heterocycles. The highest BCUT2D eigenvalue weighted by molar-refractivity contribution is 5.79. The fraction of sp³-hybridized carbons (Fsp3) is 0.357. The summed E-state index contributed by atoms with van der Waals surface area (Å²) in [5, 5.41) is 0. The fourth-order valence-electron chi connectivity index (χ4n) is 1.85. The lowest BCUT2D eigenvalue weighted by Crippen LogP contribution is -2.30. The molecule has 0 aliphatic rings. The van der Waals surface area contributed by atoms with Crippen LogP contribution in [0.3, 0.4) is 0 Å². The van der Waals surface area contributed by atoms with E-state index in [0.717, 1.165) is 5.65 Å². The van der Waals surface area contributed by atoms with E-state index in [9.17, 15) is 9.59 Å². The maximum absolute atomic E-state index is 12.0. The molecule has 0 radical (unpaired) electrons. The molecule has 0 aliphatic carbocycles. The van der Waals surface area contributed by atoms with E-state index in [1.54, 1.807) is 7.05 Å². The van der Waals surface area contributed by atoms with E-state index in [-0.39, 0.29) is 24.7 Å². The topological polar surface area (TPSA) is 63.9 Å². The van der Waals surface area contributed by atoms with E-state index in [1.165, 1.54) is 12.0 Å². The monoisotopic (exact) mass is 275 g/mol. The SMILES string of the molecule is COC(=O)CCN(C)C(=O)Cc1cn2ccccc2n1. The summed E-state index contributed by atoms with van der Waals surface area (Å²) in [6.07, 6.45) is 4.14. The second kappa shape index (κ2) is 6.18. The lowest BCUT2D eigenvalue weighted by atomic mass is 10.3. The van der Waals surface area contributed by atoms with Crippen molar-refractivity contribution in [2.75, 3.05) is 20.7 Å². The molecule has 0 saturated carbocycles. The molecule has 0 saturated heterocycles. The molecule has 0 aliphatic heterocycles. The summed E-state index contributed by atoms with van der Waals surface area (Å²) in [6.45, 7) is 0.346. The Morgan fingerprint density at radius 1 is 1.40 bits per heavy atom. The van der Waals surface area contributed by atoms with Gasteiger partial charge in [-0.1, -0.05) is 6.07 Å². The summed E-state index contributed by atoms with van der Waals surface area (Å²) < 4.78 is 6.42. The van der Waals surface area contributed by atoms with Crippen LogP contribution in [0.15, 0.2) is 30.6 Å². The maximum Gasteiger partial charge on any atom is 0.307 e. The van der Waals surface area contributed by atoms with Gasteiger partial charge in [0.25, 0.3) is 0 Å². The van der Waals surface area contributed by atoms with Crippen LogP contribution < -0.4 is 0 Å². The van der Waals surface area contributed by atoms with Crippen molar-refractivity contribution in [3.63, 3.8) is 0 Å². The van der Waals surface area contributed by atoms with Crippen LogP contribution >= 0.6 is 0 Å². The summed E-state index contributed by atoms with van der Waals surface area (Å²) in [4.78, 5) is 28.9. The quantitative estimate of drug-likeness (QED) is 0.760. The van der Waals surface area contributed by atoms with Crippen molar-refractivity contribution in [1.29, 1.82) is 0 Å². The van der Waals surface area contributed by atoms with Gasteiger partial charge in [0.1, 0.15) is 5.65 Å². The zero-order valence-corrected chi connectivity index (χ0v) is 11.6. The van der Waals surface area contributed by atoms with E-state index in [2.05, 4.69) is 9.72 Å². The third-order valence-corrected chi connectivity index (χ3v) is 3.05. The van der Waals surface area contributed by atoms with E-state index in [4.69, 9.17) is 0 Å². The summed E-state index contributed by atoms with van der Waals surface area (Å²) in [5.74, 6) is -0.394. The summed E-state index contributed by atoms with van der Waals surface area (Å²) >= 11 is 0. The zero-order chi connectivity index (χ0) is 14.5. The van der Waals surface area contributed by atoms with Crippen molar-refractivity contribution < 1.29 is 14.3 Å². The summed E-state index contributed by atoms with van der Waals surface area (Å²) in [6, 6.07) is 5.69. The Labute approximate surface area is 117 Å². The Morgan fingerprint density at radius 2 is 2.20 bits per heavy atom. The van der Waals surface area contributed by atoms with Crippen LogP contribution in [0, 0.1) is 0 Å². The number of aromatic nitrogens is 2. The maximum atomic E-state index is 12.0. The molecular weight excluding hydrogens is 258 g/mol. The van der Waals surface area contributed by atoms with Gasteiger partial charge in [-0.15, -0.1) is 0 Å². The number of fused-ring (bicyclic) bond motifs is 1. The Balaban J connectivity index is 1.94. The molecular formula is C14H17N3O3. The van der Waals surface area contributed by atoms with E-state index >= 15 is 0 Å². The number of pyridine rings is 1. The molecule has 0 unspecified atom stereocenters. The van der Waals surface area contributed by atoms with E-state index in [0.29, 0.717) is 12.2 Å². The van der Waals surface area contributed by atoms with Gasteiger partial charge in [0, 0.05) is 26.0 Å². The number of esters is 1. The summed E-state index contributed by atoms with van der Waals surface area (Å²) in [7, 11) is 3.00. The minimum Gasteiger partial charge on any atom is -0.469 e. The van der Waals surface area contributed by atoms with E-state index < -0.39 is 0 Å². The van der Waals surface area contributed by atoms with Gasteiger partial charge in [0.2, 0.25) is 5.91 Å². The lowest BCUT2D eigenvalue weighted by Gasteiger charge is -2.15. The van der Waals surface area contributed by atoms with Gasteiger partial charge in [0.05, 0.1) is 25.6 Å². The molecule has 2 rings (SSSR count). The number of imidazole rings is 1. The molecule has 2 aromatic rings. The van der Waals surface area contributed by atoms with Crippen molar-refractivity contribution >= 4 is 17.5 Å². The number of carbonyl (C=O) groups is 2. The van der Waals surface area contributed by atoms with Crippen molar-refractivity contribution in [2.45, 2.75) is 12.8 Å². The first kappa shape index (κ1) is 14.0. The van der Waals surface area contributed by atoms with Crippen molar-refractivity contribution in [1.82, 2.24) is 14.3 Å². The van der Waals surface area contributed by atoms with Crippen LogP contribution in [0.5, 0.6) is 0 Å². The number of likely N-dealkylation sites (N-methyl/N-ethyl adjacent to an activating group) is 1. The predicted octanol–water partition coefficient (Wildman–Crippen LogP) is 0.898. The van der Waals surface area contributed by atoms with Crippen LogP contribution in [0.1, 0.15) is 12.1 Å². The van der Waals surface area contributed by atoms with Crippen LogP contribution in [-0.2, 0) is 20.7 Å². The molecule has 0 aromatic carbocycles. The van der Waals surface area contributed by atoms with Gasteiger partial charge in [-0.2, -0.15) is 0 Å². The molecule has 0 atom stereocenters. The second-order valence-corrected chi connectivity index (χ2v) is 4.52. The van der Waals surface area contributed by atoms with Gasteiger partial charge in [0.15, 0.2) is 0 Å². The third-order valence-electron chi connectivity index (χ3n) is 3.05. The molecule has 1 amide bonds. The molecule has 0 fully saturated rings. The first-order valence-electron chi connectivity index (χ1n) is 6.33. The molecule has 6 nitrogen and oxygen atoms in total. The Hall–Kier alpha value is -2.37. The molecule has 0 spiro atoms. The van der Waals surface area contributed by atoms with Crippen LogP contribution in [0.2, 0.25) is 0 Å². The van der Waals surface area contributed by atoms with Gasteiger partial charge < -0.3 is 14.0 Å². The number of nitrogens with zero attached hydrogens (tertiary/aromatic N) is 3. The smallest absolute Gasteiger partial charge is 0.307 e. The molecule has 0 bridgehead atoms. The van der Waals surface area contributed by atoms with Crippen molar-refractivity contribution in [3.05, 3.63) is 36.3 Å². The average molecular weight is 275 g/mol. The first-order valence-corrected chi connectivity index (χ1v) is 6.33.